The van der Waals surface area contributed by atoms with Gasteiger partial charge >= 0.3 is 12.1 Å². The number of aliphatic carboxylic acids is 1. The minimum Gasteiger partial charge on any atom is -0.475 e. The first-order valence-electron chi connectivity index (χ1n) is 7.67. The number of aryl methyl sites for hydroxylation is 1. The number of nitrogens with zero attached hydrogens (tertiary/aromatic N) is 4. The van der Waals surface area contributed by atoms with Gasteiger partial charge < -0.3 is 15.7 Å². The van der Waals surface area contributed by atoms with Crippen molar-refractivity contribution in [2.24, 2.45) is 0 Å². The summed E-state index contributed by atoms with van der Waals surface area (Å²) < 4.78 is 36.1. The molecule has 3 rings (SSSR count). The summed E-state index contributed by atoms with van der Waals surface area (Å²) in [5, 5.41) is 14.1. The number of halogens is 3. The number of anilines is 3. The standard InChI is InChI=1S/C14H14N6S.C2HF3O2/c1-9-5-7-16-11(8-9)13-19-14(21-20-13)18-12-10(15-2)4-3-6-17-12;3-2(4,5)1(6)7/h3-8,15H,1-2H3,(H,17,18,19,20);(H,6,7). The van der Waals surface area contributed by atoms with E-state index in [0.717, 1.165) is 22.8 Å². The zero-order chi connectivity index (χ0) is 20.7. The molecule has 0 bridgehead atoms. The molecule has 0 aliphatic rings. The van der Waals surface area contributed by atoms with Crippen molar-refractivity contribution < 1.29 is 23.1 Å². The number of hydrogen-bond donors (Lipinski definition) is 3. The van der Waals surface area contributed by atoms with E-state index >= 15 is 0 Å². The van der Waals surface area contributed by atoms with E-state index in [9.17, 15) is 13.2 Å². The normalized spacial score (nSPS) is 10.6. The lowest BCUT2D eigenvalue weighted by molar-refractivity contribution is -0.192. The van der Waals surface area contributed by atoms with Gasteiger partial charge in [-0.2, -0.15) is 22.5 Å². The average molecular weight is 412 g/mol. The lowest BCUT2D eigenvalue weighted by Crippen LogP contribution is -2.21. The molecule has 8 nitrogen and oxygen atoms in total. The van der Waals surface area contributed by atoms with Crippen LogP contribution in [0.15, 0.2) is 36.7 Å². The molecule has 0 saturated carbocycles. The van der Waals surface area contributed by atoms with E-state index < -0.39 is 12.1 Å². The van der Waals surface area contributed by atoms with Crippen LogP contribution in [-0.4, -0.2) is 43.6 Å². The molecule has 0 aliphatic heterocycles. The number of carbonyl (C=O) groups is 1. The van der Waals surface area contributed by atoms with Crippen molar-refractivity contribution in [1.29, 1.82) is 0 Å². The fraction of sp³-hybridized carbons (Fsp3) is 0.188. The summed E-state index contributed by atoms with van der Waals surface area (Å²) >= 11 is 1.28. The van der Waals surface area contributed by atoms with Crippen LogP contribution >= 0.6 is 11.5 Å². The molecule has 148 valence electrons. The van der Waals surface area contributed by atoms with E-state index in [1.165, 1.54) is 11.5 Å². The van der Waals surface area contributed by atoms with E-state index in [4.69, 9.17) is 9.90 Å². The quantitative estimate of drug-likeness (QED) is 0.594. The third-order valence-electron chi connectivity index (χ3n) is 3.12. The molecule has 0 amide bonds. The summed E-state index contributed by atoms with van der Waals surface area (Å²) in [6.45, 7) is 2.02. The van der Waals surface area contributed by atoms with Gasteiger partial charge in [0, 0.05) is 31.0 Å². The van der Waals surface area contributed by atoms with Gasteiger partial charge in [-0.1, -0.05) is 0 Å². The molecular formula is C16H15F3N6O2S. The van der Waals surface area contributed by atoms with Crippen LogP contribution in [-0.2, 0) is 4.79 Å². The third-order valence-corrected chi connectivity index (χ3v) is 3.75. The minimum absolute atomic E-state index is 0.619. The molecule has 0 atom stereocenters. The Hall–Kier alpha value is -3.28. The van der Waals surface area contributed by atoms with E-state index in [-0.39, 0.29) is 0 Å². The number of carboxylic acid groups (broad SMARTS) is 1. The Labute approximate surface area is 161 Å². The molecule has 0 aromatic carbocycles. The first-order valence-corrected chi connectivity index (χ1v) is 8.44. The second kappa shape index (κ2) is 9.08. The highest BCUT2D eigenvalue weighted by Crippen LogP contribution is 2.25. The first kappa shape index (κ1) is 21.0. The number of alkyl halides is 3. The number of nitrogens with one attached hydrogen (secondary N) is 2. The van der Waals surface area contributed by atoms with Gasteiger partial charge in [-0.3, -0.25) is 4.98 Å². The molecule has 3 aromatic heterocycles. The molecule has 28 heavy (non-hydrogen) atoms. The Kier molecular flexibility index (Phi) is 6.82. The van der Waals surface area contributed by atoms with Gasteiger partial charge in [0.25, 0.3) is 0 Å². The molecule has 0 radical (unpaired) electrons. The summed E-state index contributed by atoms with van der Waals surface area (Å²) in [5.41, 5.74) is 2.81. The lowest BCUT2D eigenvalue weighted by atomic mass is 10.2. The summed E-state index contributed by atoms with van der Waals surface area (Å²) in [7, 11) is 1.85. The molecule has 3 N–H and O–H groups in total. The van der Waals surface area contributed by atoms with Gasteiger partial charge in [-0.15, -0.1) is 0 Å². The average Bonchev–Trinajstić information content (AvgIpc) is 3.10. The topological polar surface area (TPSA) is 113 Å². The van der Waals surface area contributed by atoms with Crippen LogP contribution in [0.4, 0.5) is 29.8 Å². The van der Waals surface area contributed by atoms with Crippen LogP contribution in [0.1, 0.15) is 5.56 Å². The van der Waals surface area contributed by atoms with Crippen molar-refractivity contribution in [2.45, 2.75) is 13.1 Å². The Morgan fingerprint density at radius 1 is 1.21 bits per heavy atom. The molecule has 0 fully saturated rings. The number of carboxylic acids is 1. The fourth-order valence-electron chi connectivity index (χ4n) is 1.84. The molecular weight excluding hydrogens is 397 g/mol. The monoisotopic (exact) mass is 412 g/mol. The maximum absolute atomic E-state index is 10.6. The van der Waals surface area contributed by atoms with Crippen LogP contribution in [0.2, 0.25) is 0 Å². The highest BCUT2D eigenvalue weighted by Gasteiger charge is 2.38. The highest BCUT2D eigenvalue weighted by atomic mass is 32.1. The predicted octanol–water partition coefficient (Wildman–Crippen LogP) is 3.72. The van der Waals surface area contributed by atoms with Crippen LogP contribution in [0.5, 0.6) is 0 Å². The molecule has 0 aliphatic carbocycles. The Morgan fingerprint density at radius 3 is 2.54 bits per heavy atom. The molecule has 3 aromatic rings. The maximum atomic E-state index is 10.6. The SMILES string of the molecule is CNc1cccnc1Nc1nc(-c2cc(C)ccn2)ns1.O=C(O)C(F)(F)F. The van der Waals surface area contributed by atoms with E-state index in [0.29, 0.717) is 11.0 Å². The van der Waals surface area contributed by atoms with Crippen molar-refractivity contribution in [3.8, 4) is 11.5 Å². The first-order chi connectivity index (χ1) is 13.2. The van der Waals surface area contributed by atoms with Gasteiger partial charge in [0.1, 0.15) is 5.69 Å². The number of rotatable bonds is 4. The summed E-state index contributed by atoms with van der Waals surface area (Å²) in [5.74, 6) is -1.42. The van der Waals surface area contributed by atoms with E-state index in [1.54, 1.807) is 12.4 Å². The van der Waals surface area contributed by atoms with Crippen molar-refractivity contribution >= 4 is 34.1 Å². The molecule has 0 unspecified atom stereocenters. The summed E-state index contributed by atoms with van der Waals surface area (Å²) in [6, 6.07) is 7.73. The van der Waals surface area contributed by atoms with E-state index in [2.05, 4.69) is 30.0 Å². The van der Waals surface area contributed by atoms with Gasteiger partial charge in [0.05, 0.1) is 5.69 Å². The van der Waals surface area contributed by atoms with Crippen LogP contribution < -0.4 is 10.6 Å². The Morgan fingerprint density at radius 2 is 1.93 bits per heavy atom. The van der Waals surface area contributed by atoms with Crippen LogP contribution in [0, 0.1) is 6.92 Å². The van der Waals surface area contributed by atoms with Crippen LogP contribution in [0.25, 0.3) is 11.5 Å². The van der Waals surface area contributed by atoms with Crippen molar-refractivity contribution in [1.82, 2.24) is 19.3 Å². The lowest BCUT2D eigenvalue weighted by Gasteiger charge is -2.06. The molecule has 0 spiro atoms. The predicted molar refractivity (Wildman–Crippen MR) is 98.6 cm³/mol. The van der Waals surface area contributed by atoms with Crippen molar-refractivity contribution in [3.63, 3.8) is 0 Å². The molecule has 0 saturated heterocycles. The van der Waals surface area contributed by atoms with Crippen LogP contribution in [0.3, 0.4) is 0 Å². The number of pyridine rings is 2. The Bertz CT molecular complexity index is 948. The zero-order valence-electron chi connectivity index (χ0n) is 14.7. The number of aromatic nitrogens is 4. The zero-order valence-corrected chi connectivity index (χ0v) is 15.5. The molecule has 12 heteroatoms. The summed E-state index contributed by atoms with van der Waals surface area (Å²) in [4.78, 5) is 21.9. The highest BCUT2D eigenvalue weighted by molar-refractivity contribution is 7.09. The second-order valence-electron chi connectivity index (χ2n) is 5.22. The smallest absolute Gasteiger partial charge is 0.475 e. The van der Waals surface area contributed by atoms with Gasteiger partial charge in [0.15, 0.2) is 11.6 Å². The van der Waals surface area contributed by atoms with Crippen molar-refractivity contribution in [2.75, 3.05) is 17.7 Å². The van der Waals surface area contributed by atoms with E-state index in [1.807, 2.05) is 38.2 Å². The fourth-order valence-corrected chi connectivity index (χ4v) is 2.42. The molecule has 3 heterocycles. The second-order valence-corrected chi connectivity index (χ2v) is 5.97. The summed E-state index contributed by atoms with van der Waals surface area (Å²) in [6.07, 6.45) is -1.59. The van der Waals surface area contributed by atoms with Crippen molar-refractivity contribution in [3.05, 3.63) is 42.2 Å². The largest absolute Gasteiger partial charge is 0.490 e. The maximum Gasteiger partial charge on any atom is 0.490 e. The third kappa shape index (κ3) is 5.87. The Balaban J connectivity index is 0.000000345. The van der Waals surface area contributed by atoms with Gasteiger partial charge in [0.2, 0.25) is 5.13 Å². The number of hydrogen-bond acceptors (Lipinski definition) is 8. The van der Waals surface area contributed by atoms with Gasteiger partial charge in [-0.25, -0.2) is 9.78 Å². The minimum atomic E-state index is -5.08. The van der Waals surface area contributed by atoms with Gasteiger partial charge in [-0.05, 0) is 36.8 Å².